The van der Waals surface area contributed by atoms with Gasteiger partial charge in [-0.05, 0) is 71.3 Å². The molecule has 3 heteroatoms. The molecule has 8 aromatic rings. The lowest BCUT2D eigenvalue weighted by atomic mass is 9.86. The first kappa shape index (κ1) is 23.3. The standard InChI is InChI=1S/C39H27N3/c1-2-12-29(13-3-1)42-36-17-9-7-15-33(36)38-31(22-23-40-39(38)42)28-19-21-37-34(25-28)32-14-6-8-16-35(32)41(37)30-20-18-26-10-4-5-11-27(26)24-30/h1-21,23-25,31H,22H2. The molecular weight excluding hydrogens is 510 g/mol. The lowest BCUT2D eigenvalue weighted by Gasteiger charge is -2.21. The fourth-order valence-electron chi connectivity index (χ4n) is 7.03. The second kappa shape index (κ2) is 9.05. The van der Waals surface area contributed by atoms with E-state index in [-0.39, 0.29) is 5.92 Å². The van der Waals surface area contributed by atoms with E-state index in [1.807, 2.05) is 0 Å². The van der Waals surface area contributed by atoms with E-state index in [1.165, 1.54) is 60.3 Å². The summed E-state index contributed by atoms with van der Waals surface area (Å²) in [7, 11) is 0. The SMILES string of the molecule is C1=Nc2c(c3ccccc3n2-c2ccccc2)C(c2ccc3c(c2)c2ccccc2n3-c2ccc3ccccc3c2)C1. The highest BCUT2D eigenvalue weighted by molar-refractivity contribution is 6.10. The molecule has 0 saturated carbocycles. The van der Waals surface area contributed by atoms with Gasteiger partial charge in [0.05, 0.1) is 16.6 Å². The number of hydrogen-bond donors (Lipinski definition) is 0. The van der Waals surface area contributed by atoms with Crippen LogP contribution < -0.4 is 0 Å². The maximum atomic E-state index is 5.00. The van der Waals surface area contributed by atoms with E-state index in [4.69, 9.17) is 4.99 Å². The zero-order valence-corrected chi connectivity index (χ0v) is 23.0. The normalized spacial score (nSPS) is 14.7. The minimum absolute atomic E-state index is 0.222. The van der Waals surface area contributed by atoms with Crippen LogP contribution in [0.3, 0.4) is 0 Å². The summed E-state index contributed by atoms with van der Waals surface area (Å²) in [6.45, 7) is 0. The van der Waals surface area contributed by atoms with Gasteiger partial charge in [0.25, 0.3) is 0 Å². The van der Waals surface area contributed by atoms with E-state index in [9.17, 15) is 0 Å². The Bertz CT molecular complexity index is 2340. The van der Waals surface area contributed by atoms with Crippen molar-refractivity contribution in [2.75, 3.05) is 0 Å². The second-order valence-corrected chi connectivity index (χ2v) is 11.2. The van der Waals surface area contributed by atoms with Crippen LogP contribution in [-0.4, -0.2) is 15.3 Å². The van der Waals surface area contributed by atoms with Gasteiger partial charge in [-0.25, -0.2) is 4.99 Å². The van der Waals surface area contributed by atoms with Crippen molar-refractivity contribution in [1.29, 1.82) is 0 Å². The van der Waals surface area contributed by atoms with Crippen LogP contribution in [0, 0.1) is 0 Å². The summed E-state index contributed by atoms with van der Waals surface area (Å²) in [5, 5.41) is 6.35. The number of fused-ring (bicyclic) bond motifs is 7. The van der Waals surface area contributed by atoms with Gasteiger partial charge in [0.2, 0.25) is 0 Å². The molecule has 1 aliphatic rings. The average Bonchev–Trinajstić information content (AvgIpc) is 3.58. The number of aromatic nitrogens is 2. The van der Waals surface area contributed by atoms with Crippen LogP contribution in [0.1, 0.15) is 23.5 Å². The van der Waals surface area contributed by atoms with Gasteiger partial charge >= 0.3 is 0 Å². The largest absolute Gasteiger partial charge is 0.309 e. The third-order valence-electron chi connectivity index (χ3n) is 8.90. The summed E-state index contributed by atoms with van der Waals surface area (Å²) in [6, 6.07) is 50.6. The fraction of sp³-hybridized carbons (Fsp3) is 0.0513. The molecule has 9 rings (SSSR count). The molecule has 0 amide bonds. The molecule has 1 atom stereocenters. The summed E-state index contributed by atoms with van der Waals surface area (Å²) >= 11 is 0. The van der Waals surface area contributed by atoms with E-state index < -0.39 is 0 Å². The number of para-hydroxylation sites is 3. The minimum Gasteiger partial charge on any atom is -0.309 e. The zero-order chi connectivity index (χ0) is 27.6. The number of benzene rings is 6. The molecule has 3 nitrogen and oxygen atoms in total. The van der Waals surface area contributed by atoms with Gasteiger partial charge < -0.3 is 4.57 Å². The molecule has 6 aromatic carbocycles. The van der Waals surface area contributed by atoms with Crippen LogP contribution >= 0.6 is 0 Å². The molecule has 0 bridgehead atoms. The van der Waals surface area contributed by atoms with Gasteiger partial charge in [0.15, 0.2) is 0 Å². The van der Waals surface area contributed by atoms with Gasteiger partial charge in [0, 0.05) is 45.2 Å². The fourth-order valence-corrected chi connectivity index (χ4v) is 7.03. The molecule has 42 heavy (non-hydrogen) atoms. The molecule has 0 radical (unpaired) electrons. The molecule has 0 spiro atoms. The van der Waals surface area contributed by atoms with Gasteiger partial charge in [-0.2, -0.15) is 0 Å². The molecule has 1 unspecified atom stereocenters. The highest BCUT2D eigenvalue weighted by Crippen LogP contribution is 2.46. The molecule has 0 fully saturated rings. The van der Waals surface area contributed by atoms with Crippen LogP contribution in [0.5, 0.6) is 0 Å². The minimum atomic E-state index is 0.222. The molecule has 0 saturated heterocycles. The maximum Gasteiger partial charge on any atom is 0.141 e. The van der Waals surface area contributed by atoms with Gasteiger partial charge in [0.1, 0.15) is 5.82 Å². The van der Waals surface area contributed by atoms with Crippen molar-refractivity contribution in [3.05, 3.63) is 151 Å². The Morgan fingerprint density at radius 3 is 2.05 bits per heavy atom. The Balaban J connectivity index is 1.26. The Morgan fingerprint density at radius 1 is 0.500 bits per heavy atom. The van der Waals surface area contributed by atoms with Crippen LogP contribution in [0.2, 0.25) is 0 Å². The van der Waals surface area contributed by atoms with E-state index in [1.54, 1.807) is 0 Å². The summed E-state index contributed by atoms with van der Waals surface area (Å²) < 4.78 is 4.73. The summed E-state index contributed by atoms with van der Waals surface area (Å²) in [5.74, 6) is 1.26. The quantitative estimate of drug-likeness (QED) is 0.214. The molecule has 0 N–H and O–H groups in total. The third kappa shape index (κ3) is 3.37. The molecular formula is C39H27N3. The summed E-state index contributed by atoms with van der Waals surface area (Å²) in [6.07, 6.45) is 2.98. The highest BCUT2D eigenvalue weighted by Gasteiger charge is 2.28. The van der Waals surface area contributed by atoms with Crippen LogP contribution in [0.15, 0.2) is 145 Å². The zero-order valence-electron chi connectivity index (χ0n) is 23.0. The average molecular weight is 538 g/mol. The van der Waals surface area contributed by atoms with Crippen LogP contribution in [0.4, 0.5) is 5.82 Å². The first-order chi connectivity index (χ1) is 20.8. The van der Waals surface area contributed by atoms with Crippen molar-refractivity contribution >= 4 is 55.5 Å². The smallest absolute Gasteiger partial charge is 0.141 e. The summed E-state index contributed by atoms with van der Waals surface area (Å²) in [4.78, 5) is 5.00. The van der Waals surface area contributed by atoms with Crippen molar-refractivity contribution in [3.8, 4) is 11.4 Å². The molecule has 1 aliphatic heterocycles. The predicted molar refractivity (Wildman–Crippen MR) is 176 cm³/mol. The highest BCUT2D eigenvalue weighted by atomic mass is 15.1. The topological polar surface area (TPSA) is 22.2 Å². The molecule has 3 heterocycles. The van der Waals surface area contributed by atoms with Crippen LogP contribution in [0.25, 0.3) is 54.9 Å². The Hall–Kier alpha value is -5.41. The van der Waals surface area contributed by atoms with Gasteiger partial charge in [-0.1, -0.05) is 91.0 Å². The molecule has 0 aliphatic carbocycles. The van der Waals surface area contributed by atoms with Crippen molar-refractivity contribution in [2.45, 2.75) is 12.3 Å². The maximum absolute atomic E-state index is 5.00. The lowest BCUT2D eigenvalue weighted by Crippen LogP contribution is -2.06. The van der Waals surface area contributed by atoms with Gasteiger partial charge in [-0.3, -0.25) is 4.57 Å². The van der Waals surface area contributed by atoms with E-state index in [0.717, 1.165) is 17.9 Å². The van der Waals surface area contributed by atoms with E-state index in [0.29, 0.717) is 0 Å². The monoisotopic (exact) mass is 537 g/mol. The molecule has 198 valence electrons. The first-order valence-corrected chi connectivity index (χ1v) is 14.6. The predicted octanol–water partition coefficient (Wildman–Crippen LogP) is 10.1. The summed E-state index contributed by atoms with van der Waals surface area (Å²) in [5.41, 5.74) is 8.62. The van der Waals surface area contributed by atoms with Crippen molar-refractivity contribution in [3.63, 3.8) is 0 Å². The van der Waals surface area contributed by atoms with E-state index in [2.05, 4.69) is 155 Å². The number of nitrogens with zero attached hydrogens (tertiary/aromatic N) is 3. The number of aliphatic imine (C=N–C) groups is 1. The number of rotatable bonds is 3. The van der Waals surface area contributed by atoms with Gasteiger partial charge in [-0.15, -0.1) is 0 Å². The Kier molecular flexibility index (Phi) is 5.02. The van der Waals surface area contributed by atoms with Crippen LogP contribution in [-0.2, 0) is 0 Å². The van der Waals surface area contributed by atoms with E-state index >= 15 is 0 Å². The Morgan fingerprint density at radius 2 is 1.19 bits per heavy atom. The van der Waals surface area contributed by atoms with Crippen molar-refractivity contribution < 1.29 is 0 Å². The Labute approximate surface area is 243 Å². The lowest BCUT2D eigenvalue weighted by molar-refractivity contribution is 0.852. The second-order valence-electron chi connectivity index (χ2n) is 11.2. The first-order valence-electron chi connectivity index (χ1n) is 14.6. The number of hydrogen-bond acceptors (Lipinski definition) is 1. The molecule has 2 aromatic heterocycles. The third-order valence-corrected chi connectivity index (χ3v) is 8.90. The van der Waals surface area contributed by atoms with Crippen molar-refractivity contribution in [2.24, 2.45) is 4.99 Å². The van der Waals surface area contributed by atoms with Crippen molar-refractivity contribution in [1.82, 2.24) is 9.13 Å².